The van der Waals surface area contributed by atoms with E-state index in [4.69, 9.17) is 4.74 Å². The fourth-order valence-corrected chi connectivity index (χ4v) is 3.71. The van der Waals surface area contributed by atoms with Crippen LogP contribution in [0.1, 0.15) is 27.5 Å². The van der Waals surface area contributed by atoms with Crippen molar-refractivity contribution in [2.75, 3.05) is 31.2 Å². The van der Waals surface area contributed by atoms with Gasteiger partial charge in [-0.05, 0) is 23.3 Å². The summed E-state index contributed by atoms with van der Waals surface area (Å²) in [5, 5.41) is 13.4. The molecule has 2 aromatic carbocycles. The number of anilines is 1. The largest absolute Gasteiger partial charge is 0.390 e. The number of aliphatic hydroxyl groups is 1. The van der Waals surface area contributed by atoms with Crippen molar-refractivity contribution in [3.63, 3.8) is 0 Å². The molecule has 0 bridgehead atoms. The quantitative estimate of drug-likeness (QED) is 0.897. The molecule has 1 aliphatic carbocycles. The lowest BCUT2D eigenvalue weighted by atomic mass is 10.1. The number of nitrogens with zero attached hydrogens (tertiary/aromatic N) is 1. The van der Waals surface area contributed by atoms with E-state index in [1.807, 2.05) is 48.5 Å². The summed E-state index contributed by atoms with van der Waals surface area (Å²) in [6.45, 7) is 2.90. The lowest BCUT2D eigenvalue weighted by Crippen LogP contribution is -2.39. The van der Waals surface area contributed by atoms with Gasteiger partial charge in [0.25, 0.3) is 5.91 Å². The van der Waals surface area contributed by atoms with Crippen molar-refractivity contribution in [3.05, 3.63) is 65.2 Å². The molecule has 2 aliphatic rings. The number of hydrogen-bond acceptors (Lipinski definition) is 4. The zero-order valence-electron chi connectivity index (χ0n) is 14.0. The second-order valence-electron chi connectivity index (χ2n) is 6.54. The maximum Gasteiger partial charge on any atom is 0.253 e. The Balaban J connectivity index is 1.58. The summed E-state index contributed by atoms with van der Waals surface area (Å²) in [5.74, 6) is -0.150. The van der Waals surface area contributed by atoms with Crippen molar-refractivity contribution in [1.82, 2.24) is 5.32 Å². The van der Waals surface area contributed by atoms with Gasteiger partial charge in [-0.1, -0.05) is 36.4 Å². The van der Waals surface area contributed by atoms with Gasteiger partial charge in [0.15, 0.2) is 0 Å². The summed E-state index contributed by atoms with van der Waals surface area (Å²) in [7, 11) is 0. The van der Waals surface area contributed by atoms with Gasteiger partial charge in [0.1, 0.15) is 0 Å². The molecule has 0 spiro atoms. The van der Waals surface area contributed by atoms with Crippen LogP contribution in [0.4, 0.5) is 5.69 Å². The molecule has 2 aromatic rings. The number of para-hydroxylation sites is 1. The van der Waals surface area contributed by atoms with E-state index in [0.717, 1.165) is 29.9 Å². The first-order chi connectivity index (χ1) is 12.2. The smallest absolute Gasteiger partial charge is 0.253 e. The Kier molecular flexibility index (Phi) is 4.42. The fourth-order valence-electron chi connectivity index (χ4n) is 3.71. The highest BCUT2D eigenvalue weighted by molar-refractivity contribution is 6.00. The van der Waals surface area contributed by atoms with Gasteiger partial charge in [0, 0.05) is 25.2 Å². The van der Waals surface area contributed by atoms with E-state index in [2.05, 4.69) is 10.2 Å². The number of amides is 1. The van der Waals surface area contributed by atoms with Crippen LogP contribution in [0.25, 0.3) is 0 Å². The van der Waals surface area contributed by atoms with E-state index in [-0.39, 0.29) is 11.9 Å². The molecule has 2 atom stereocenters. The number of benzene rings is 2. The predicted molar refractivity (Wildman–Crippen MR) is 95.8 cm³/mol. The normalized spacial score (nSPS) is 22.5. The van der Waals surface area contributed by atoms with Gasteiger partial charge in [0.05, 0.1) is 30.9 Å². The van der Waals surface area contributed by atoms with Crippen molar-refractivity contribution in [2.45, 2.75) is 18.6 Å². The molecule has 2 unspecified atom stereocenters. The number of nitrogens with one attached hydrogen (secondary N) is 1. The second-order valence-corrected chi connectivity index (χ2v) is 6.54. The molecule has 0 radical (unpaired) electrons. The van der Waals surface area contributed by atoms with Crippen LogP contribution < -0.4 is 10.2 Å². The van der Waals surface area contributed by atoms with Crippen molar-refractivity contribution < 1.29 is 14.6 Å². The zero-order valence-corrected chi connectivity index (χ0v) is 14.0. The number of fused-ring (bicyclic) bond motifs is 1. The Bertz CT molecular complexity index is 771. The number of hydrogen-bond donors (Lipinski definition) is 2. The highest BCUT2D eigenvalue weighted by Crippen LogP contribution is 2.32. The van der Waals surface area contributed by atoms with Crippen LogP contribution in [0.3, 0.4) is 0 Å². The molecule has 4 rings (SSSR count). The Hall–Kier alpha value is -2.37. The van der Waals surface area contributed by atoms with Gasteiger partial charge in [-0.3, -0.25) is 4.79 Å². The number of aliphatic hydroxyl groups excluding tert-OH is 1. The molecule has 2 N–H and O–H groups in total. The van der Waals surface area contributed by atoms with Crippen LogP contribution in [-0.4, -0.2) is 43.4 Å². The van der Waals surface area contributed by atoms with Crippen molar-refractivity contribution in [3.8, 4) is 0 Å². The Morgan fingerprint density at radius 2 is 1.80 bits per heavy atom. The highest BCUT2D eigenvalue weighted by atomic mass is 16.5. The summed E-state index contributed by atoms with van der Waals surface area (Å²) in [4.78, 5) is 15.1. The van der Waals surface area contributed by atoms with Crippen molar-refractivity contribution in [2.24, 2.45) is 0 Å². The SMILES string of the molecule is O=C(NC1c2ccccc2CC1O)c1ccccc1N1CCOCC1. The van der Waals surface area contributed by atoms with E-state index in [1.54, 1.807) is 0 Å². The maximum absolute atomic E-state index is 12.9. The van der Waals surface area contributed by atoms with Gasteiger partial charge in [-0.25, -0.2) is 0 Å². The summed E-state index contributed by atoms with van der Waals surface area (Å²) < 4.78 is 5.41. The van der Waals surface area contributed by atoms with E-state index in [1.165, 1.54) is 0 Å². The average molecular weight is 338 g/mol. The van der Waals surface area contributed by atoms with E-state index in [9.17, 15) is 9.90 Å². The van der Waals surface area contributed by atoms with Crippen LogP contribution >= 0.6 is 0 Å². The maximum atomic E-state index is 12.9. The van der Waals surface area contributed by atoms with Crippen LogP contribution in [0.5, 0.6) is 0 Å². The standard InChI is InChI=1S/C20H22N2O3/c23-18-13-14-5-1-2-6-15(14)19(18)21-20(24)16-7-3-4-8-17(16)22-9-11-25-12-10-22/h1-8,18-19,23H,9-13H2,(H,21,24). The van der Waals surface area contributed by atoms with E-state index in [0.29, 0.717) is 25.2 Å². The molecule has 1 heterocycles. The number of ether oxygens (including phenoxy) is 1. The van der Waals surface area contributed by atoms with Gasteiger partial charge in [0.2, 0.25) is 0 Å². The summed E-state index contributed by atoms with van der Waals surface area (Å²) in [6.07, 6.45) is -0.0106. The molecule has 130 valence electrons. The first kappa shape index (κ1) is 16.1. The first-order valence-corrected chi connectivity index (χ1v) is 8.72. The third kappa shape index (κ3) is 3.13. The topological polar surface area (TPSA) is 61.8 Å². The average Bonchev–Trinajstić information content (AvgIpc) is 2.98. The predicted octanol–water partition coefficient (Wildman–Crippen LogP) is 1.91. The lowest BCUT2D eigenvalue weighted by Gasteiger charge is -2.30. The Morgan fingerprint density at radius 1 is 1.08 bits per heavy atom. The zero-order chi connectivity index (χ0) is 17.2. The monoisotopic (exact) mass is 338 g/mol. The Labute approximate surface area is 147 Å². The van der Waals surface area contributed by atoms with E-state index >= 15 is 0 Å². The minimum atomic E-state index is -0.586. The number of carbonyl (C=O) groups excluding carboxylic acids is 1. The van der Waals surface area contributed by atoms with Crippen molar-refractivity contribution in [1.29, 1.82) is 0 Å². The molecule has 0 saturated carbocycles. The molecule has 1 fully saturated rings. The summed E-state index contributed by atoms with van der Waals surface area (Å²) >= 11 is 0. The minimum Gasteiger partial charge on any atom is -0.390 e. The van der Waals surface area contributed by atoms with Crippen LogP contribution in [0.2, 0.25) is 0 Å². The lowest BCUT2D eigenvalue weighted by molar-refractivity contribution is 0.0857. The van der Waals surface area contributed by atoms with Crippen LogP contribution in [0, 0.1) is 0 Å². The number of carbonyl (C=O) groups is 1. The highest BCUT2D eigenvalue weighted by Gasteiger charge is 2.32. The first-order valence-electron chi connectivity index (χ1n) is 8.72. The van der Waals surface area contributed by atoms with Crippen LogP contribution in [0.15, 0.2) is 48.5 Å². The van der Waals surface area contributed by atoms with Gasteiger partial charge in [-0.2, -0.15) is 0 Å². The molecule has 5 nitrogen and oxygen atoms in total. The second kappa shape index (κ2) is 6.86. The van der Waals surface area contributed by atoms with Crippen LogP contribution in [-0.2, 0) is 11.2 Å². The molecule has 0 aromatic heterocycles. The van der Waals surface area contributed by atoms with Gasteiger partial charge < -0.3 is 20.1 Å². The Morgan fingerprint density at radius 3 is 2.64 bits per heavy atom. The molecule has 5 heteroatoms. The third-order valence-electron chi connectivity index (χ3n) is 4.99. The number of morpholine rings is 1. The molecule has 1 amide bonds. The summed E-state index contributed by atoms with van der Waals surface area (Å²) in [6, 6.07) is 15.2. The molecule has 1 aliphatic heterocycles. The van der Waals surface area contributed by atoms with E-state index < -0.39 is 6.10 Å². The molecule has 25 heavy (non-hydrogen) atoms. The molecular formula is C20H22N2O3. The molecule has 1 saturated heterocycles. The van der Waals surface area contributed by atoms with Crippen molar-refractivity contribution >= 4 is 11.6 Å². The summed E-state index contributed by atoms with van der Waals surface area (Å²) in [5.41, 5.74) is 3.67. The number of rotatable bonds is 3. The third-order valence-corrected chi connectivity index (χ3v) is 4.99. The van der Waals surface area contributed by atoms with Gasteiger partial charge >= 0.3 is 0 Å². The fraction of sp³-hybridized carbons (Fsp3) is 0.350. The minimum absolute atomic E-state index is 0.150. The molecular weight excluding hydrogens is 316 g/mol. The van der Waals surface area contributed by atoms with Gasteiger partial charge in [-0.15, -0.1) is 0 Å².